The number of likely N-dealkylation sites (tertiary alicyclic amines) is 1. The highest BCUT2D eigenvalue weighted by atomic mass is 15.1. The SMILES string of the molecule is CNCc1ccc(CN2CCC3CCCCC3C2)cc1. The van der Waals surface area contributed by atoms with Crippen molar-refractivity contribution in [3.63, 3.8) is 0 Å². The van der Waals surface area contributed by atoms with Gasteiger partial charge < -0.3 is 5.32 Å². The van der Waals surface area contributed by atoms with Gasteiger partial charge in [0, 0.05) is 19.6 Å². The Kier molecular flexibility index (Phi) is 4.74. The normalized spacial score (nSPS) is 27.2. The summed E-state index contributed by atoms with van der Waals surface area (Å²) in [5, 5.41) is 3.21. The molecule has 2 aliphatic rings. The lowest BCUT2D eigenvalue weighted by atomic mass is 9.75. The molecule has 2 nitrogen and oxygen atoms in total. The zero-order valence-corrected chi connectivity index (χ0v) is 12.8. The van der Waals surface area contributed by atoms with Gasteiger partial charge in [-0.1, -0.05) is 43.5 Å². The molecule has 1 N–H and O–H groups in total. The van der Waals surface area contributed by atoms with Gasteiger partial charge in [-0.3, -0.25) is 4.90 Å². The fourth-order valence-electron chi connectivity index (χ4n) is 4.04. The van der Waals surface area contributed by atoms with Crippen LogP contribution in [0.25, 0.3) is 0 Å². The van der Waals surface area contributed by atoms with E-state index in [0.29, 0.717) is 0 Å². The lowest BCUT2D eigenvalue weighted by molar-refractivity contribution is 0.0820. The number of fused-ring (bicyclic) bond motifs is 1. The van der Waals surface area contributed by atoms with Crippen molar-refractivity contribution >= 4 is 0 Å². The molecule has 110 valence electrons. The van der Waals surface area contributed by atoms with Crippen molar-refractivity contribution in [2.24, 2.45) is 11.8 Å². The first-order valence-corrected chi connectivity index (χ1v) is 8.30. The molecule has 0 amide bonds. The Morgan fingerprint density at radius 1 is 1.00 bits per heavy atom. The largest absolute Gasteiger partial charge is 0.316 e. The molecule has 1 heterocycles. The molecular weight excluding hydrogens is 244 g/mol. The highest BCUT2D eigenvalue weighted by Gasteiger charge is 2.30. The minimum absolute atomic E-state index is 0.966. The molecule has 0 bridgehead atoms. The molecule has 0 radical (unpaired) electrons. The van der Waals surface area contributed by atoms with Crippen molar-refractivity contribution in [2.75, 3.05) is 20.1 Å². The molecular formula is C18H28N2. The third kappa shape index (κ3) is 3.42. The zero-order valence-electron chi connectivity index (χ0n) is 12.8. The summed E-state index contributed by atoms with van der Waals surface area (Å²) >= 11 is 0. The topological polar surface area (TPSA) is 15.3 Å². The number of benzene rings is 1. The lowest BCUT2D eigenvalue weighted by Crippen LogP contribution is -2.41. The first-order valence-electron chi connectivity index (χ1n) is 8.30. The molecule has 0 spiro atoms. The number of piperidine rings is 1. The van der Waals surface area contributed by atoms with Crippen LogP contribution in [0, 0.1) is 11.8 Å². The van der Waals surface area contributed by atoms with E-state index in [2.05, 4.69) is 34.5 Å². The van der Waals surface area contributed by atoms with Crippen LogP contribution < -0.4 is 5.32 Å². The van der Waals surface area contributed by atoms with Crippen LogP contribution in [0.4, 0.5) is 0 Å². The van der Waals surface area contributed by atoms with Crippen molar-refractivity contribution in [1.29, 1.82) is 0 Å². The second-order valence-corrected chi connectivity index (χ2v) is 6.68. The van der Waals surface area contributed by atoms with Gasteiger partial charge in [-0.25, -0.2) is 0 Å². The van der Waals surface area contributed by atoms with Gasteiger partial charge in [0.1, 0.15) is 0 Å². The van der Waals surface area contributed by atoms with Crippen LogP contribution in [0.1, 0.15) is 43.2 Å². The highest BCUT2D eigenvalue weighted by Crippen LogP contribution is 2.36. The number of rotatable bonds is 4. The Bertz CT molecular complexity index is 412. The summed E-state index contributed by atoms with van der Waals surface area (Å²) in [6.45, 7) is 4.75. The first-order chi connectivity index (χ1) is 9.85. The van der Waals surface area contributed by atoms with Crippen LogP contribution in [0.2, 0.25) is 0 Å². The Balaban J connectivity index is 1.55. The van der Waals surface area contributed by atoms with E-state index in [1.54, 1.807) is 0 Å². The standard InChI is InChI=1S/C18H28N2/c1-19-12-15-6-8-16(9-7-15)13-20-11-10-17-4-2-3-5-18(17)14-20/h6-9,17-19H,2-5,10-14H2,1H3. The summed E-state index contributed by atoms with van der Waals surface area (Å²) < 4.78 is 0. The van der Waals surface area contributed by atoms with Crippen LogP contribution in [0.15, 0.2) is 24.3 Å². The van der Waals surface area contributed by atoms with Gasteiger partial charge in [-0.15, -0.1) is 0 Å². The molecule has 1 aromatic carbocycles. The average Bonchev–Trinajstić information content (AvgIpc) is 2.49. The quantitative estimate of drug-likeness (QED) is 0.903. The fourth-order valence-corrected chi connectivity index (χ4v) is 4.04. The van der Waals surface area contributed by atoms with Gasteiger partial charge in [0.25, 0.3) is 0 Å². The number of nitrogens with zero attached hydrogens (tertiary/aromatic N) is 1. The third-order valence-electron chi connectivity index (χ3n) is 5.19. The van der Waals surface area contributed by atoms with E-state index in [-0.39, 0.29) is 0 Å². The van der Waals surface area contributed by atoms with Crippen molar-refractivity contribution < 1.29 is 0 Å². The highest BCUT2D eigenvalue weighted by molar-refractivity contribution is 5.22. The van der Waals surface area contributed by atoms with Crippen LogP contribution >= 0.6 is 0 Å². The Labute approximate surface area is 123 Å². The number of hydrogen-bond acceptors (Lipinski definition) is 2. The van der Waals surface area contributed by atoms with E-state index in [1.165, 1.54) is 56.3 Å². The molecule has 1 saturated heterocycles. The minimum Gasteiger partial charge on any atom is -0.316 e. The summed E-state index contributed by atoms with van der Waals surface area (Å²) in [5.74, 6) is 2.03. The van der Waals surface area contributed by atoms with Gasteiger partial charge in [0.05, 0.1) is 0 Å². The molecule has 1 aliphatic carbocycles. The smallest absolute Gasteiger partial charge is 0.0233 e. The molecule has 1 aromatic rings. The Morgan fingerprint density at radius 2 is 1.70 bits per heavy atom. The summed E-state index contributed by atoms with van der Waals surface area (Å²) in [6, 6.07) is 9.14. The maximum absolute atomic E-state index is 3.21. The summed E-state index contributed by atoms with van der Waals surface area (Å²) in [5.41, 5.74) is 2.85. The monoisotopic (exact) mass is 272 g/mol. The summed E-state index contributed by atoms with van der Waals surface area (Å²) in [7, 11) is 2.00. The molecule has 2 atom stereocenters. The minimum atomic E-state index is 0.966. The van der Waals surface area contributed by atoms with E-state index in [4.69, 9.17) is 0 Å². The average molecular weight is 272 g/mol. The number of nitrogens with one attached hydrogen (secondary N) is 1. The van der Waals surface area contributed by atoms with Crippen LogP contribution in [0.3, 0.4) is 0 Å². The molecule has 1 aliphatic heterocycles. The lowest BCUT2D eigenvalue weighted by Gasteiger charge is -2.41. The van der Waals surface area contributed by atoms with E-state index in [1.807, 2.05) is 7.05 Å². The van der Waals surface area contributed by atoms with Gasteiger partial charge >= 0.3 is 0 Å². The zero-order chi connectivity index (χ0) is 13.8. The Morgan fingerprint density at radius 3 is 2.45 bits per heavy atom. The molecule has 2 heteroatoms. The predicted octanol–water partition coefficient (Wildman–Crippen LogP) is 3.42. The molecule has 2 unspecified atom stereocenters. The maximum Gasteiger partial charge on any atom is 0.0233 e. The molecule has 3 rings (SSSR count). The van der Waals surface area contributed by atoms with Crippen LogP contribution in [0.5, 0.6) is 0 Å². The van der Waals surface area contributed by atoms with E-state index >= 15 is 0 Å². The van der Waals surface area contributed by atoms with E-state index < -0.39 is 0 Å². The van der Waals surface area contributed by atoms with Crippen molar-refractivity contribution in [3.05, 3.63) is 35.4 Å². The van der Waals surface area contributed by atoms with Crippen LogP contribution in [-0.2, 0) is 13.1 Å². The van der Waals surface area contributed by atoms with E-state index in [9.17, 15) is 0 Å². The van der Waals surface area contributed by atoms with Gasteiger partial charge in [-0.05, 0) is 49.4 Å². The van der Waals surface area contributed by atoms with Crippen molar-refractivity contribution in [3.8, 4) is 0 Å². The third-order valence-corrected chi connectivity index (χ3v) is 5.19. The van der Waals surface area contributed by atoms with Gasteiger partial charge in [0.2, 0.25) is 0 Å². The summed E-state index contributed by atoms with van der Waals surface area (Å²) in [4.78, 5) is 2.68. The van der Waals surface area contributed by atoms with Gasteiger partial charge in [-0.2, -0.15) is 0 Å². The van der Waals surface area contributed by atoms with Crippen molar-refractivity contribution in [1.82, 2.24) is 10.2 Å². The second kappa shape index (κ2) is 6.73. The first kappa shape index (κ1) is 14.1. The fraction of sp³-hybridized carbons (Fsp3) is 0.667. The molecule has 20 heavy (non-hydrogen) atoms. The van der Waals surface area contributed by atoms with Crippen LogP contribution in [-0.4, -0.2) is 25.0 Å². The predicted molar refractivity (Wildman–Crippen MR) is 84.5 cm³/mol. The van der Waals surface area contributed by atoms with Crippen molar-refractivity contribution in [2.45, 2.75) is 45.2 Å². The second-order valence-electron chi connectivity index (χ2n) is 6.68. The number of hydrogen-bond donors (Lipinski definition) is 1. The summed E-state index contributed by atoms with van der Waals surface area (Å²) in [6.07, 6.45) is 7.35. The maximum atomic E-state index is 3.21. The van der Waals surface area contributed by atoms with E-state index in [0.717, 1.165) is 24.9 Å². The molecule has 1 saturated carbocycles. The van der Waals surface area contributed by atoms with Gasteiger partial charge in [0.15, 0.2) is 0 Å². The Hall–Kier alpha value is -0.860. The molecule has 0 aromatic heterocycles. The molecule has 2 fully saturated rings.